The second-order valence-corrected chi connectivity index (χ2v) is 7.31. The van der Waals surface area contributed by atoms with Gasteiger partial charge in [-0.2, -0.15) is 0 Å². The summed E-state index contributed by atoms with van der Waals surface area (Å²) in [4.78, 5) is 0. The summed E-state index contributed by atoms with van der Waals surface area (Å²) in [6, 6.07) is 0. The molecule has 5 fully saturated rings. The van der Waals surface area contributed by atoms with Gasteiger partial charge in [0.2, 0.25) is 0 Å². The quantitative estimate of drug-likeness (QED) is 0.812. The van der Waals surface area contributed by atoms with Crippen molar-refractivity contribution in [2.24, 2.45) is 23.7 Å². The van der Waals surface area contributed by atoms with E-state index in [0.717, 1.165) is 36.9 Å². The normalized spacial score (nSPS) is 52.2. The van der Waals surface area contributed by atoms with Crippen LogP contribution in [-0.4, -0.2) is 25.3 Å². The van der Waals surface area contributed by atoms with Gasteiger partial charge < -0.3 is 10.1 Å². The van der Waals surface area contributed by atoms with Gasteiger partial charge in [0.15, 0.2) is 0 Å². The Hall–Kier alpha value is -0.0800. The van der Waals surface area contributed by atoms with Gasteiger partial charge in [-0.3, -0.25) is 0 Å². The van der Waals surface area contributed by atoms with Gasteiger partial charge in [0, 0.05) is 18.7 Å². The van der Waals surface area contributed by atoms with Crippen molar-refractivity contribution in [2.45, 2.75) is 50.5 Å². The van der Waals surface area contributed by atoms with Crippen molar-refractivity contribution in [3.8, 4) is 0 Å². The Labute approximate surface area is 104 Å². The van der Waals surface area contributed by atoms with Gasteiger partial charge in [-0.05, 0) is 68.6 Å². The van der Waals surface area contributed by atoms with Crippen LogP contribution in [0.3, 0.4) is 0 Å². The van der Waals surface area contributed by atoms with Crippen LogP contribution in [0.5, 0.6) is 0 Å². The fourth-order valence-corrected chi connectivity index (χ4v) is 5.43. The zero-order valence-electron chi connectivity index (χ0n) is 10.8. The molecule has 5 aliphatic rings. The Morgan fingerprint density at radius 1 is 1.00 bits per heavy atom. The first-order valence-electron chi connectivity index (χ1n) is 7.64. The molecule has 1 N–H and O–H groups in total. The highest BCUT2D eigenvalue weighted by Gasteiger charge is 2.50. The van der Waals surface area contributed by atoms with E-state index in [9.17, 15) is 0 Å². The molecule has 17 heavy (non-hydrogen) atoms. The molecule has 4 saturated carbocycles. The molecule has 0 aromatic heterocycles. The summed E-state index contributed by atoms with van der Waals surface area (Å²) in [6.45, 7) is 3.21. The van der Waals surface area contributed by atoms with Crippen LogP contribution in [-0.2, 0) is 4.74 Å². The lowest BCUT2D eigenvalue weighted by molar-refractivity contribution is -0.0213. The molecule has 4 aliphatic carbocycles. The summed E-state index contributed by atoms with van der Waals surface area (Å²) in [6.07, 6.45) is 10.4. The maximum atomic E-state index is 5.49. The zero-order valence-corrected chi connectivity index (χ0v) is 10.8. The summed E-state index contributed by atoms with van der Waals surface area (Å²) in [5, 5.41) is 3.99. The lowest BCUT2D eigenvalue weighted by Crippen LogP contribution is -2.59. The van der Waals surface area contributed by atoms with Crippen molar-refractivity contribution >= 4 is 0 Å². The van der Waals surface area contributed by atoms with Crippen molar-refractivity contribution in [3.63, 3.8) is 0 Å². The summed E-state index contributed by atoms with van der Waals surface area (Å²) < 4.78 is 5.49. The number of rotatable bonds is 3. The molecule has 2 nitrogen and oxygen atoms in total. The minimum Gasteiger partial charge on any atom is -0.381 e. The van der Waals surface area contributed by atoms with Crippen LogP contribution < -0.4 is 5.32 Å². The van der Waals surface area contributed by atoms with E-state index in [1.54, 1.807) is 19.3 Å². The van der Waals surface area contributed by atoms with Gasteiger partial charge in [0.25, 0.3) is 0 Å². The SMILES string of the molecule is C1CC(CNC23CC4CC(CC(C4)C2)C3)CO1. The molecule has 0 amide bonds. The van der Waals surface area contributed by atoms with Gasteiger partial charge in [0.05, 0.1) is 6.61 Å². The zero-order chi connectivity index (χ0) is 11.3. The highest BCUT2D eigenvalue weighted by Crippen LogP contribution is 2.55. The summed E-state index contributed by atoms with van der Waals surface area (Å²) in [5.74, 6) is 3.98. The molecular formula is C15H25NO. The van der Waals surface area contributed by atoms with Crippen LogP contribution in [0.4, 0.5) is 0 Å². The molecule has 96 valence electrons. The Bertz CT molecular complexity index is 260. The second kappa shape index (κ2) is 3.96. The predicted molar refractivity (Wildman–Crippen MR) is 67.8 cm³/mol. The third kappa shape index (κ3) is 1.94. The van der Waals surface area contributed by atoms with E-state index in [0.29, 0.717) is 5.54 Å². The fraction of sp³-hybridized carbons (Fsp3) is 1.00. The average Bonchev–Trinajstić information content (AvgIpc) is 2.77. The molecule has 0 aromatic rings. The molecule has 0 spiro atoms. The monoisotopic (exact) mass is 235 g/mol. The molecule has 4 bridgehead atoms. The molecule has 0 aromatic carbocycles. The first kappa shape index (κ1) is 10.8. The number of nitrogens with one attached hydrogen (secondary N) is 1. The molecule has 1 atom stereocenters. The van der Waals surface area contributed by atoms with Crippen molar-refractivity contribution < 1.29 is 4.74 Å². The van der Waals surface area contributed by atoms with Gasteiger partial charge in [0.1, 0.15) is 0 Å². The maximum absolute atomic E-state index is 5.49. The highest BCUT2D eigenvalue weighted by molar-refractivity contribution is 5.06. The minimum absolute atomic E-state index is 0.553. The van der Waals surface area contributed by atoms with E-state index in [1.165, 1.54) is 32.2 Å². The number of hydrogen-bond acceptors (Lipinski definition) is 2. The smallest absolute Gasteiger partial charge is 0.0507 e. The van der Waals surface area contributed by atoms with Gasteiger partial charge in [-0.25, -0.2) is 0 Å². The molecule has 1 heterocycles. The summed E-state index contributed by atoms with van der Waals surface area (Å²) in [7, 11) is 0. The average molecular weight is 235 g/mol. The molecule has 1 unspecified atom stereocenters. The van der Waals surface area contributed by atoms with Gasteiger partial charge in [-0.15, -0.1) is 0 Å². The van der Waals surface area contributed by atoms with Crippen molar-refractivity contribution in [1.29, 1.82) is 0 Å². The maximum Gasteiger partial charge on any atom is 0.0507 e. The third-order valence-electron chi connectivity index (χ3n) is 5.83. The van der Waals surface area contributed by atoms with Crippen molar-refractivity contribution in [1.82, 2.24) is 5.32 Å². The van der Waals surface area contributed by atoms with E-state index in [2.05, 4.69) is 5.32 Å². The second-order valence-electron chi connectivity index (χ2n) is 7.31. The summed E-state index contributed by atoms with van der Waals surface area (Å²) >= 11 is 0. The molecule has 1 saturated heterocycles. The van der Waals surface area contributed by atoms with Crippen LogP contribution in [0.15, 0.2) is 0 Å². The van der Waals surface area contributed by atoms with Crippen LogP contribution in [0.1, 0.15) is 44.9 Å². The van der Waals surface area contributed by atoms with Crippen molar-refractivity contribution in [2.75, 3.05) is 19.8 Å². The Morgan fingerprint density at radius 2 is 1.65 bits per heavy atom. The fourth-order valence-electron chi connectivity index (χ4n) is 5.43. The van der Waals surface area contributed by atoms with Gasteiger partial charge >= 0.3 is 0 Å². The Kier molecular flexibility index (Phi) is 2.52. The van der Waals surface area contributed by atoms with E-state index in [4.69, 9.17) is 4.74 Å². The predicted octanol–water partition coefficient (Wildman–Crippen LogP) is 2.58. The molecule has 1 aliphatic heterocycles. The highest BCUT2D eigenvalue weighted by atomic mass is 16.5. The minimum atomic E-state index is 0.553. The first-order valence-corrected chi connectivity index (χ1v) is 7.64. The van der Waals surface area contributed by atoms with Crippen LogP contribution >= 0.6 is 0 Å². The van der Waals surface area contributed by atoms with E-state index in [1.807, 2.05) is 0 Å². The topological polar surface area (TPSA) is 21.3 Å². The number of ether oxygens (including phenoxy) is 1. The Morgan fingerprint density at radius 3 is 2.18 bits per heavy atom. The molecule has 0 radical (unpaired) electrons. The lowest BCUT2D eigenvalue weighted by Gasteiger charge is -2.57. The third-order valence-corrected chi connectivity index (χ3v) is 5.83. The van der Waals surface area contributed by atoms with Crippen LogP contribution in [0.2, 0.25) is 0 Å². The van der Waals surface area contributed by atoms with E-state index < -0.39 is 0 Å². The van der Waals surface area contributed by atoms with E-state index >= 15 is 0 Å². The first-order chi connectivity index (χ1) is 8.31. The van der Waals surface area contributed by atoms with Crippen molar-refractivity contribution in [3.05, 3.63) is 0 Å². The van der Waals surface area contributed by atoms with Crippen LogP contribution in [0.25, 0.3) is 0 Å². The lowest BCUT2D eigenvalue weighted by atomic mass is 9.53. The standard InChI is InChI=1S/C15H25NO/c1-2-17-10-11(1)9-16-15-6-12-3-13(7-15)5-14(4-12)8-15/h11-14,16H,1-10H2. The Balaban J connectivity index is 1.42. The number of hydrogen-bond donors (Lipinski definition) is 1. The molecular weight excluding hydrogens is 210 g/mol. The van der Waals surface area contributed by atoms with Gasteiger partial charge in [-0.1, -0.05) is 0 Å². The summed E-state index contributed by atoms with van der Waals surface area (Å²) in [5.41, 5.74) is 0.553. The molecule has 2 heteroatoms. The molecule has 5 rings (SSSR count). The largest absolute Gasteiger partial charge is 0.381 e. The van der Waals surface area contributed by atoms with E-state index in [-0.39, 0.29) is 0 Å². The van der Waals surface area contributed by atoms with Crippen LogP contribution in [0, 0.1) is 23.7 Å².